The molecule has 0 saturated carbocycles. The molecule has 6 nitrogen and oxygen atoms in total. The molecule has 0 bridgehead atoms. The minimum Gasteiger partial charge on any atom is -0.501 e. The van der Waals surface area contributed by atoms with Gasteiger partial charge in [-0.15, -0.1) is 0 Å². The van der Waals surface area contributed by atoms with E-state index in [1.807, 2.05) is 48.5 Å². The van der Waals surface area contributed by atoms with Gasteiger partial charge in [-0.2, -0.15) is 0 Å². The normalized spacial score (nSPS) is 20.1. The van der Waals surface area contributed by atoms with E-state index in [0.717, 1.165) is 10.5 Å². The molecule has 4 rings (SSSR count). The lowest BCUT2D eigenvalue weighted by Gasteiger charge is -2.26. The quantitative estimate of drug-likeness (QED) is 0.691. The Morgan fingerprint density at radius 3 is 2.71 bits per heavy atom. The second-order valence-corrected chi connectivity index (χ2v) is 8.16. The number of benzene rings is 2. The summed E-state index contributed by atoms with van der Waals surface area (Å²) in [6.07, 6.45) is 1.78. The number of hydrogen-bond donors (Lipinski definition) is 0. The van der Waals surface area contributed by atoms with Gasteiger partial charge in [0.25, 0.3) is 0 Å². The number of esters is 1. The smallest absolute Gasteiger partial charge is 0.334 e. The molecule has 0 N–H and O–H groups in total. The molecule has 28 heavy (non-hydrogen) atoms. The molecular weight excluding hydrogens is 380 g/mol. The van der Waals surface area contributed by atoms with Crippen molar-refractivity contribution in [2.45, 2.75) is 29.1 Å². The standard InChI is InChI=1S/C21H20O6S/c1-24-15-10-16(27-21(22)12-15)11-20(28(23)17-5-3-2-4-6-17)14-7-8-18-19(9-14)26-13-25-18/h2-9,12,16,20H,10-11,13H2,1H3/t16-,20?,28?/m1/s1. The highest BCUT2D eigenvalue weighted by molar-refractivity contribution is 7.85. The van der Waals surface area contributed by atoms with Gasteiger partial charge in [-0.05, 0) is 29.8 Å². The molecule has 2 heterocycles. The first-order valence-corrected chi connectivity index (χ1v) is 10.2. The van der Waals surface area contributed by atoms with Gasteiger partial charge in [-0.25, -0.2) is 4.79 Å². The van der Waals surface area contributed by atoms with E-state index in [4.69, 9.17) is 18.9 Å². The molecule has 0 amide bonds. The number of carbonyl (C=O) groups excluding carboxylic acids is 1. The van der Waals surface area contributed by atoms with E-state index in [0.29, 0.717) is 30.1 Å². The van der Waals surface area contributed by atoms with Gasteiger partial charge in [0.2, 0.25) is 6.79 Å². The fourth-order valence-corrected chi connectivity index (χ4v) is 4.88. The third-order valence-electron chi connectivity index (χ3n) is 4.73. The molecule has 0 fully saturated rings. The van der Waals surface area contributed by atoms with E-state index in [-0.39, 0.29) is 12.0 Å². The molecule has 2 unspecified atom stereocenters. The summed E-state index contributed by atoms with van der Waals surface area (Å²) >= 11 is 0. The number of fused-ring (bicyclic) bond motifs is 1. The first kappa shape index (κ1) is 18.6. The number of hydrogen-bond acceptors (Lipinski definition) is 6. The van der Waals surface area contributed by atoms with Gasteiger partial charge in [0.15, 0.2) is 11.5 Å². The number of methoxy groups -OCH3 is 1. The lowest BCUT2D eigenvalue weighted by Crippen LogP contribution is -2.26. The van der Waals surface area contributed by atoms with Crippen LogP contribution < -0.4 is 9.47 Å². The van der Waals surface area contributed by atoms with Crippen LogP contribution in [-0.4, -0.2) is 30.2 Å². The van der Waals surface area contributed by atoms with Crippen LogP contribution in [0.3, 0.4) is 0 Å². The van der Waals surface area contributed by atoms with E-state index in [1.54, 1.807) is 0 Å². The van der Waals surface area contributed by atoms with Crippen molar-refractivity contribution < 1.29 is 28.0 Å². The topological polar surface area (TPSA) is 71.1 Å². The molecule has 0 spiro atoms. The van der Waals surface area contributed by atoms with Gasteiger partial charge < -0.3 is 18.9 Å². The summed E-state index contributed by atoms with van der Waals surface area (Å²) in [5, 5.41) is -0.383. The van der Waals surface area contributed by atoms with Crippen molar-refractivity contribution in [3.05, 3.63) is 65.9 Å². The van der Waals surface area contributed by atoms with Crippen molar-refractivity contribution in [1.29, 1.82) is 0 Å². The van der Waals surface area contributed by atoms with Crippen LogP contribution in [0.1, 0.15) is 23.7 Å². The van der Waals surface area contributed by atoms with Crippen LogP contribution in [0.15, 0.2) is 65.3 Å². The summed E-state index contributed by atoms with van der Waals surface area (Å²) in [5.41, 5.74) is 0.844. The van der Waals surface area contributed by atoms with Crippen molar-refractivity contribution in [3.63, 3.8) is 0 Å². The predicted octanol–water partition coefficient (Wildman–Crippen LogP) is 3.50. The maximum absolute atomic E-state index is 13.4. The Labute approximate surface area is 165 Å². The lowest BCUT2D eigenvalue weighted by molar-refractivity contribution is -0.145. The van der Waals surface area contributed by atoms with E-state index in [2.05, 4.69) is 0 Å². The Kier molecular flexibility index (Phi) is 5.34. The monoisotopic (exact) mass is 400 g/mol. The number of ether oxygens (including phenoxy) is 4. The van der Waals surface area contributed by atoms with Gasteiger partial charge in [-0.1, -0.05) is 24.3 Å². The largest absolute Gasteiger partial charge is 0.501 e. The van der Waals surface area contributed by atoms with Gasteiger partial charge in [-0.3, -0.25) is 4.21 Å². The van der Waals surface area contributed by atoms with E-state index in [9.17, 15) is 9.00 Å². The molecule has 2 aliphatic heterocycles. The van der Waals surface area contributed by atoms with Crippen LogP contribution in [0.4, 0.5) is 0 Å². The molecule has 0 aliphatic carbocycles. The Balaban J connectivity index is 1.65. The van der Waals surface area contributed by atoms with Crippen LogP contribution >= 0.6 is 0 Å². The highest BCUT2D eigenvalue weighted by Crippen LogP contribution is 2.39. The third-order valence-corrected chi connectivity index (χ3v) is 6.45. The Bertz CT molecular complexity index is 924. The number of carbonyl (C=O) groups is 1. The van der Waals surface area contributed by atoms with E-state index < -0.39 is 22.9 Å². The summed E-state index contributed by atoms with van der Waals surface area (Å²) in [6.45, 7) is 0.174. The summed E-state index contributed by atoms with van der Waals surface area (Å²) in [5.74, 6) is 1.42. The molecular formula is C21H20O6S. The second kappa shape index (κ2) is 8.06. The minimum atomic E-state index is -1.34. The average Bonchev–Trinajstić information content (AvgIpc) is 3.19. The van der Waals surface area contributed by atoms with Gasteiger partial charge in [0.05, 0.1) is 29.2 Å². The van der Waals surface area contributed by atoms with Crippen LogP contribution in [-0.2, 0) is 25.1 Å². The first-order valence-electron chi connectivity index (χ1n) is 8.94. The molecule has 146 valence electrons. The molecule has 3 atom stereocenters. The molecule has 0 aromatic heterocycles. The van der Waals surface area contributed by atoms with Crippen LogP contribution in [0.25, 0.3) is 0 Å². The zero-order valence-corrected chi connectivity index (χ0v) is 16.1. The van der Waals surface area contributed by atoms with Crippen LogP contribution in [0.5, 0.6) is 11.5 Å². The first-order chi connectivity index (χ1) is 13.6. The third kappa shape index (κ3) is 3.89. The molecule has 0 radical (unpaired) electrons. The van der Waals surface area contributed by atoms with Crippen molar-refractivity contribution in [2.24, 2.45) is 0 Å². The summed E-state index contributed by atoms with van der Waals surface area (Å²) in [4.78, 5) is 12.6. The Morgan fingerprint density at radius 2 is 1.93 bits per heavy atom. The maximum atomic E-state index is 13.4. The zero-order chi connectivity index (χ0) is 19.5. The SMILES string of the molecule is COC1=CC(=O)O[C@@H](CC(c2ccc3c(c2)OCO3)S(=O)c2ccccc2)C1. The zero-order valence-electron chi connectivity index (χ0n) is 15.3. The molecule has 0 saturated heterocycles. The van der Waals surface area contributed by atoms with Crippen molar-refractivity contribution in [3.8, 4) is 11.5 Å². The number of rotatable bonds is 6. The van der Waals surface area contributed by atoms with Crippen LogP contribution in [0.2, 0.25) is 0 Å². The van der Waals surface area contributed by atoms with Gasteiger partial charge in [0, 0.05) is 17.7 Å². The Hall–Kier alpha value is -2.80. The Morgan fingerprint density at radius 1 is 1.14 bits per heavy atom. The van der Waals surface area contributed by atoms with Crippen molar-refractivity contribution in [2.75, 3.05) is 13.9 Å². The van der Waals surface area contributed by atoms with Crippen molar-refractivity contribution in [1.82, 2.24) is 0 Å². The maximum Gasteiger partial charge on any atom is 0.334 e. The minimum absolute atomic E-state index is 0.174. The molecule has 2 aliphatic rings. The molecule has 7 heteroatoms. The summed E-state index contributed by atoms with van der Waals surface area (Å²) in [6, 6.07) is 14.8. The summed E-state index contributed by atoms with van der Waals surface area (Å²) in [7, 11) is 0.184. The highest BCUT2D eigenvalue weighted by Gasteiger charge is 2.31. The average molecular weight is 400 g/mol. The fraction of sp³-hybridized carbons (Fsp3) is 0.286. The lowest BCUT2D eigenvalue weighted by atomic mass is 10.0. The van der Waals surface area contributed by atoms with Crippen molar-refractivity contribution >= 4 is 16.8 Å². The van der Waals surface area contributed by atoms with E-state index >= 15 is 0 Å². The predicted molar refractivity (Wildman–Crippen MR) is 102 cm³/mol. The molecule has 2 aromatic rings. The second-order valence-electron chi connectivity index (χ2n) is 6.53. The van der Waals surface area contributed by atoms with Crippen LogP contribution in [0, 0.1) is 0 Å². The molecule has 2 aromatic carbocycles. The highest BCUT2D eigenvalue weighted by atomic mass is 32.2. The van der Waals surface area contributed by atoms with Gasteiger partial charge >= 0.3 is 5.97 Å². The number of cyclic esters (lactones) is 1. The van der Waals surface area contributed by atoms with E-state index in [1.165, 1.54) is 13.2 Å². The van der Waals surface area contributed by atoms with Gasteiger partial charge in [0.1, 0.15) is 11.9 Å². The summed E-state index contributed by atoms with van der Waals surface area (Å²) < 4.78 is 35.0. The fourth-order valence-electron chi connectivity index (χ4n) is 3.35.